The van der Waals surface area contributed by atoms with E-state index in [-0.39, 0.29) is 5.56 Å². The molecule has 2 rings (SSSR count). The third-order valence-corrected chi connectivity index (χ3v) is 2.64. The van der Waals surface area contributed by atoms with Crippen LogP contribution in [0.4, 0.5) is 11.6 Å². The van der Waals surface area contributed by atoms with Crippen molar-refractivity contribution in [3.8, 4) is 5.75 Å². The number of aromatic carboxylic acids is 1. The molecule has 0 atom stereocenters. The van der Waals surface area contributed by atoms with Gasteiger partial charge in [0.15, 0.2) is 0 Å². The number of benzene rings is 1. The summed E-state index contributed by atoms with van der Waals surface area (Å²) in [5.74, 6) is 0.146. The Kier molecular flexibility index (Phi) is 3.61. The van der Waals surface area contributed by atoms with Crippen molar-refractivity contribution in [1.29, 1.82) is 0 Å². The molecule has 0 unspecified atom stereocenters. The maximum atomic E-state index is 10.7. The second kappa shape index (κ2) is 5.34. The zero-order chi connectivity index (χ0) is 13.8. The van der Waals surface area contributed by atoms with Gasteiger partial charge in [0.1, 0.15) is 5.75 Å². The summed E-state index contributed by atoms with van der Waals surface area (Å²) < 4.78 is 5.08. The van der Waals surface area contributed by atoms with Gasteiger partial charge >= 0.3 is 5.97 Å². The number of aromatic nitrogens is 2. The van der Waals surface area contributed by atoms with Gasteiger partial charge in [-0.15, -0.1) is 0 Å². The average molecular weight is 259 g/mol. The van der Waals surface area contributed by atoms with Gasteiger partial charge in [0, 0.05) is 25.1 Å². The van der Waals surface area contributed by atoms with Gasteiger partial charge in [-0.25, -0.2) is 14.8 Å². The lowest BCUT2D eigenvalue weighted by atomic mass is 10.3. The van der Waals surface area contributed by atoms with Crippen molar-refractivity contribution >= 4 is 17.6 Å². The van der Waals surface area contributed by atoms with Crippen molar-refractivity contribution in [3.63, 3.8) is 0 Å². The Morgan fingerprint density at radius 1 is 1.21 bits per heavy atom. The summed E-state index contributed by atoms with van der Waals surface area (Å²) in [6, 6.07) is 7.40. The van der Waals surface area contributed by atoms with Gasteiger partial charge in [0.2, 0.25) is 5.95 Å². The Hall–Kier alpha value is -2.63. The molecule has 1 aromatic heterocycles. The number of rotatable bonds is 4. The van der Waals surface area contributed by atoms with E-state index in [0.717, 1.165) is 11.4 Å². The lowest BCUT2D eigenvalue weighted by molar-refractivity contribution is 0.0696. The average Bonchev–Trinajstić information content (AvgIpc) is 2.46. The third-order valence-electron chi connectivity index (χ3n) is 2.64. The van der Waals surface area contributed by atoms with Crippen molar-refractivity contribution in [1.82, 2.24) is 9.97 Å². The number of ether oxygens (including phenoxy) is 1. The van der Waals surface area contributed by atoms with E-state index in [1.165, 1.54) is 12.4 Å². The summed E-state index contributed by atoms with van der Waals surface area (Å²) in [4.78, 5) is 20.5. The molecule has 0 radical (unpaired) electrons. The highest BCUT2D eigenvalue weighted by molar-refractivity contribution is 5.86. The fourth-order valence-electron chi connectivity index (χ4n) is 1.53. The van der Waals surface area contributed by atoms with Crippen molar-refractivity contribution in [2.75, 3.05) is 19.1 Å². The van der Waals surface area contributed by atoms with Crippen molar-refractivity contribution in [3.05, 3.63) is 42.2 Å². The first kappa shape index (κ1) is 12.8. The van der Waals surface area contributed by atoms with Gasteiger partial charge in [-0.2, -0.15) is 0 Å². The second-order valence-corrected chi connectivity index (χ2v) is 3.83. The molecular weight excluding hydrogens is 246 g/mol. The molecule has 0 saturated heterocycles. The van der Waals surface area contributed by atoms with Crippen molar-refractivity contribution in [2.24, 2.45) is 0 Å². The van der Waals surface area contributed by atoms with Gasteiger partial charge in [-0.3, -0.25) is 0 Å². The smallest absolute Gasteiger partial charge is 0.338 e. The van der Waals surface area contributed by atoms with Crippen LogP contribution >= 0.6 is 0 Å². The molecule has 19 heavy (non-hydrogen) atoms. The Labute approximate surface area is 110 Å². The molecule has 0 saturated carbocycles. The molecule has 0 fully saturated rings. The van der Waals surface area contributed by atoms with Crippen LogP contribution in [0.25, 0.3) is 0 Å². The summed E-state index contributed by atoms with van der Waals surface area (Å²) in [5.41, 5.74) is 0.941. The molecule has 0 aliphatic carbocycles. The van der Waals surface area contributed by atoms with E-state index in [9.17, 15) is 4.79 Å². The second-order valence-electron chi connectivity index (χ2n) is 3.83. The minimum Gasteiger partial charge on any atom is -0.497 e. The van der Waals surface area contributed by atoms with Gasteiger partial charge in [0.25, 0.3) is 0 Å². The molecule has 0 spiro atoms. The van der Waals surface area contributed by atoms with E-state index in [4.69, 9.17) is 9.84 Å². The van der Waals surface area contributed by atoms with Gasteiger partial charge in [-0.05, 0) is 24.3 Å². The summed E-state index contributed by atoms with van der Waals surface area (Å²) in [6.07, 6.45) is 2.56. The van der Waals surface area contributed by atoms with E-state index < -0.39 is 5.97 Å². The first-order valence-corrected chi connectivity index (χ1v) is 5.55. The zero-order valence-corrected chi connectivity index (χ0v) is 10.6. The fraction of sp³-hybridized carbons (Fsp3) is 0.154. The SMILES string of the molecule is COc1ccc(N(C)c2ncc(C(=O)O)cn2)cc1. The Morgan fingerprint density at radius 3 is 2.26 bits per heavy atom. The molecule has 6 heteroatoms. The van der Waals surface area contributed by atoms with E-state index in [0.29, 0.717) is 5.95 Å². The minimum absolute atomic E-state index is 0.0619. The normalized spacial score (nSPS) is 10.0. The maximum absolute atomic E-state index is 10.7. The first-order valence-electron chi connectivity index (χ1n) is 5.55. The molecule has 0 bridgehead atoms. The first-order chi connectivity index (χ1) is 9.11. The number of hydrogen-bond acceptors (Lipinski definition) is 5. The molecular formula is C13H13N3O3. The number of methoxy groups -OCH3 is 1. The van der Waals surface area contributed by atoms with Gasteiger partial charge in [0.05, 0.1) is 12.7 Å². The van der Waals surface area contributed by atoms with Crippen LogP contribution in [0.15, 0.2) is 36.7 Å². The standard InChI is InChI=1S/C13H13N3O3/c1-16(10-3-5-11(19-2)6-4-10)13-14-7-9(8-15-13)12(17)18/h3-8H,1-2H3,(H,17,18). The van der Waals surface area contributed by atoms with E-state index in [1.807, 2.05) is 24.3 Å². The van der Waals surface area contributed by atoms with Crippen molar-refractivity contribution < 1.29 is 14.6 Å². The summed E-state index contributed by atoms with van der Waals surface area (Å²) >= 11 is 0. The maximum Gasteiger partial charge on any atom is 0.338 e. The lowest BCUT2D eigenvalue weighted by Gasteiger charge is -2.17. The highest BCUT2D eigenvalue weighted by Crippen LogP contribution is 2.22. The predicted molar refractivity (Wildman–Crippen MR) is 70.0 cm³/mol. The molecule has 1 N–H and O–H groups in total. The quantitative estimate of drug-likeness (QED) is 0.904. The number of nitrogens with zero attached hydrogens (tertiary/aromatic N) is 3. The van der Waals surface area contributed by atoms with Crippen LogP contribution in [0, 0.1) is 0 Å². The van der Waals surface area contributed by atoms with E-state index in [1.54, 1.807) is 19.1 Å². The Bertz CT molecular complexity index is 567. The van der Waals surface area contributed by atoms with Crippen molar-refractivity contribution in [2.45, 2.75) is 0 Å². The monoisotopic (exact) mass is 259 g/mol. The molecule has 1 aromatic carbocycles. The molecule has 1 heterocycles. The van der Waals surface area contributed by atoms with Crippen LogP contribution in [0.1, 0.15) is 10.4 Å². The molecule has 6 nitrogen and oxygen atoms in total. The Balaban J connectivity index is 2.22. The highest BCUT2D eigenvalue weighted by Gasteiger charge is 2.09. The largest absolute Gasteiger partial charge is 0.497 e. The predicted octanol–water partition coefficient (Wildman–Crippen LogP) is 1.95. The topological polar surface area (TPSA) is 75.5 Å². The van der Waals surface area contributed by atoms with Crippen LogP contribution in [0.3, 0.4) is 0 Å². The lowest BCUT2D eigenvalue weighted by Crippen LogP contribution is -2.13. The fourth-order valence-corrected chi connectivity index (χ4v) is 1.53. The van der Waals surface area contributed by atoms with Crippen LogP contribution in [-0.4, -0.2) is 35.2 Å². The van der Waals surface area contributed by atoms with Crippen LogP contribution in [-0.2, 0) is 0 Å². The van der Waals surface area contributed by atoms with Crippen LogP contribution < -0.4 is 9.64 Å². The molecule has 0 aliphatic rings. The zero-order valence-electron chi connectivity index (χ0n) is 10.6. The number of carboxylic acids is 1. The number of anilines is 2. The molecule has 98 valence electrons. The highest BCUT2D eigenvalue weighted by atomic mass is 16.5. The molecule has 0 amide bonds. The number of carboxylic acid groups (broad SMARTS) is 1. The molecule has 2 aromatic rings. The molecule has 0 aliphatic heterocycles. The number of hydrogen-bond donors (Lipinski definition) is 1. The van der Waals surface area contributed by atoms with Gasteiger partial charge < -0.3 is 14.7 Å². The summed E-state index contributed by atoms with van der Waals surface area (Å²) in [6.45, 7) is 0. The summed E-state index contributed by atoms with van der Waals surface area (Å²) in [7, 11) is 3.41. The van der Waals surface area contributed by atoms with Crippen LogP contribution in [0.2, 0.25) is 0 Å². The van der Waals surface area contributed by atoms with E-state index >= 15 is 0 Å². The van der Waals surface area contributed by atoms with Crippen LogP contribution in [0.5, 0.6) is 5.75 Å². The third kappa shape index (κ3) is 2.79. The van der Waals surface area contributed by atoms with Gasteiger partial charge in [-0.1, -0.05) is 0 Å². The Morgan fingerprint density at radius 2 is 1.79 bits per heavy atom. The summed E-state index contributed by atoms with van der Waals surface area (Å²) in [5, 5.41) is 8.78. The minimum atomic E-state index is -1.04. The number of carbonyl (C=O) groups is 1. The van der Waals surface area contributed by atoms with E-state index in [2.05, 4.69) is 9.97 Å².